The smallest absolute Gasteiger partial charge is 0.0577 e. The Labute approximate surface area is 95.6 Å². The third-order valence-electron chi connectivity index (χ3n) is 4.08. The van der Waals surface area contributed by atoms with E-state index in [2.05, 4.69) is 41.5 Å². The van der Waals surface area contributed by atoms with Gasteiger partial charge in [-0.25, -0.2) is 0 Å². The van der Waals surface area contributed by atoms with Crippen molar-refractivity contribution in [3.05, 3.63) is 0 Å². The minimum Gasteiger partial charge on any atom is -0.381 e. The van der Waals surface area contributed by atoms with E-state index in [4.69, 9.17) is 4.74 Å². The predicted molar refractivity (Wildman–Crippen MR) is 65.9 cm³/mol. The third-order valence-corrected chi connectivity index (χ3v) is 4.08. The minimum absolute atomic E-state index is 0.408. The van der Waals surface area contributed by atoms with Gasteiger partial charge in [-0.15, -0.1) is 0 Å². The molecular formula is C14H28O. The molecule has 2 unspecified atom stereocenters. The molecule has 1 saturated carbocycles. The Morgan fingerprint density at radius 1 is 0.800 bits per heavy atom. The first-order valence-electron chi connectivity index (χ1n) is 6.19. The number of hydrogen-bond acceptors (Lipinski definition) is 1. The van der Waals surface area contributed by atoms with E-state index in [1.54, 1.807) is 0 Å². The van der Waals surface area contributed by atoms with Gasteiger partial charge in [0.05, 0.1) is 6.10 Å². The van der Waals surface area contributed by atoms with Crippen molar-refractivity contribution in [2.45, 2.75) is 60.5 Å². The largest absolute Gasteiger partial charge is 0.381 e. The summed E-state index contributed by atoms with van der Waals surface area (Å²) >= 11 is 0. The predicted octanol–water partition coefficient (Wildman–Crippen LogP) is 4.12. The third kappa shape index (κ3) is 2.96. The number of ether oxygens (including phenoxy) is 1. The van der Waals surface area contributed by atoms with Crippen LogP contribution in [0, 0.1) is 22.7 Å². The highest BCUT2D eigenvalue weighted by Crippen LogP contribution is 2.51. The molecule has 1 fully saturated rings. The summed E-state index contributed by atoms with van der Waals surface area (Å²) in [7, 11) is 1.86. The fourth-order valence-corrected chi connectivity index (χ4v) is 3.10. The molecule has 15 heavy (non-hydrogen) atoms. The molecule has 1 heteroatoms. The van der Waals surface area contributed by atoms with Crippen molar-refractivity contribution < 1.29 is 4.74 Å². The van der Waals surface area contributed by atoms with Crippen LogP contribution >= 0.6 is 0 Å². The monoisotopic (exact) mass is 212 g/mol. The highest BCUT2D eigenvalue weighted by molar-refractivity contribution is 4.95. The lowest BCUT2D eigenvalue weighted by atomic mass is 9.66. The number of hydrogen-bond donors (Lipinski definition) is 0. The first-order chi connectivity index (χ1) is 6.66. The highest BCUT2D eigenvalue weighted by atomic mass is 16.5. The number of methoxy groups -OCH3 is 1. The zero-order chi connectivity index (χ0) is 11.9. The molecule has 0 saturated heterocycles. The molecule has 1 nitrogen and oxygen atoms in total. The van der Waals surface area contributed by atoms with Gasteiger partial charge in [0.2, 0.25) is 0 Å². The Hall–Kier alpha value is -0.0400. The van der Waals surface area contributed by atoms with E-state index in [1.807, 2.05) is 7.11 Å². The molecule has 90 valence electrons. The fraction of sp³-hybridized carbons (Fsp3) is 1.00. The lowest BCUT2D eigenvalue weighted by Gasteiger charge is -2.39. The lowest BCUT2D eigenvalue weighted by Crippen LogP contribution is -2.32. The zero-order valence-electron chi connectivity index (χ0n) is 11.6. The van der Waals surface area contributed by atoms with Gasteiger partial charge in [-0.1, -0.05) is 41.5 Å². The molecule has 1 rings (SSSR count). The van der Waals surface area contributed by atoms with Gasteiger partial charge in [-0.05, 0) is 35.5 Å². The Bertz CT molecular complexity index is 184. The van der Waals surface area contributed by atoms with Gasteiger partial charge in [0.15, 0.2) is 0 Å². The van der Waals surface area contributed by atoms with Crippen molar-refractivity contribution in [1.82, 2.24) is 0 Å². The van der Waals surface area contributed by atoms with E-state index in [0.29, 0.717) is 16.9 Å². The van der Waals surface area contributed by atoms with E-state index >= 15 is 0 Å². The highest BCUT2D eigenvalue weighted by Gasteiger charge is 2.45. The summed E-state index contributed by atoms with van der Waals surface area (Å²) in [5.41, 5.74) is 0.816. The molecule has 0 amide bonds. The molecule has 1 aliphatic rings. The lowest BCUT2D eigenvalue weighted by molar-refractivity contribution is 0.0966. The molecular weight excluding hydrogens is 184 g/mol. The Kier molecular flexibility index (Phi) is 3.55. The van der Waals surface area contributed by atoms with Gasteiger partial charge in [-0.3, -0.25) is 0 Å². The molecule has 0 bridgehead atoms. The second-order valence-corrected chi connectivity index (χ2v) is 7.27. The van der Waals surface area contributed by atoms with Crippen LogP contribution in [0.25, 0.3) is 0 Å². The standard InChI is InChI=1S/C14H28O/c1-13(2,3)11-8-10(15-7)9-12(11)14(4,5)6/h10-12H,8-9H2,1-7H3. The van der Waals surface area contributed by atoms with Crippen molar-refractivity contribution in [2.75, 3.05) is 7.11 Å². The van der Waals surface area contributed by atoms with E-state index in [1.165, 1.54) is 12.8 Å². The van der Waals surface area contributed by atoms with Crippen LogP contribution in [-0.4, -0.2) is 13.2 Å². The van der Waals surface area contributed by atoms with Gasteiger partial charge in [0.1, 0.15) is 0 Å². The van der Waals surface area contributed by atoms with Crippen LogP contribution < -0.4 is 0 Å². The van der Waals surface area contributed by atoms with Crippen molar-refractivity contribution in [3.63, 3.8) is 0 Å². The molecule has 0 heterocycles. The molecule has 2 atom stereocenters. The topological polar surface area (TPSA) is 9.23 Å². The van der Waals surface area contributed by atoms with Gasteiger partial charge in [0.25, 0.3) is 0 Å². The molecule has 0 aromatic carbocycles. The zero-order valence-corrected chi connectivity index (χ0v) is 11.6. The second kappa shape index (κ2) is 4.08. The minimum atomic E-state index is 0.408. The summed E-state index contributed by atoms with van der Waals surface area (Å²) in [5.74, 6) is 1.59. The van der Waals surface area contributed by atoms with Gasteiger partial charge < -0.3 is 4.74 Å². The first kappa shape index (κ1) is 13.0. The maximum atomic E-state index is 5.56. The summed E-state index contributed by atoms with van der Waals surface area (Å²) < 4.78 is 5.56. The molecule has 0 N–H and O–H groups in total. The average molecular weight is 212 g/mol. The molecule has 0 aromatic heterocycles. The van der Waals surface area contributed by atoms with Gasteiger partial charge in [-0.2, -0.15) is 0 Å². The van der Waals surface area contributed by atoms with Crippen LogP contribution in [0.2, 0.25) is 0 Å². The maximum absolute atomic E-state index is 5.56. The quantitative estimate of drug-likeness (QED) is 0.635. The van der Waals surface area contributed by atoms with Gasteiger partial charge >= 0.3 is 0 Å². The molecule has 0 spiro atoms. The first-order valence-corrected chi connectivity index (χ1v) is 6.19. The van der Waals surface area contributed by atoms with E-state index in [0.717, 1.165) is 11.8 Å². The summed E-state index contributed by atoms with van der Waals surface area (Å²) in [4.78, 5) is 0. The van der Waals surface area contributed by atoms with Crippen LogP contribution in [0.4, 0.5) is 0 Å². The summed E-state index contributed by atoms with van der Waals surface area (Å²) in [6.07, 6.45) is 2.96. The normalized spacial score (nSPS) is 33.4. The summed E-state index contributed by atoms with van der Waals surface area (Å²) in [6, 6.07) is 0. The Morgan fingerprint density at radius 2 is 1.13 bits per heavy atom. The maximum Gasteiger partial charge on any atom is 0.0577 e. The van der Waals surface area contributed by atoms with E-state index in [-0.39, 0.29) is 0 Å². The van der Waals surface area contributed by atoms with Crippen molar-refractivity contribution in [3.8, 4) is 0 Å². The summed E-state index contributed by atoms with van der Waals surface area (Å²) in [5, 5.41) is 0. The molecule has 0 aromatic rings. The van der Waals surface area contributed by atoms with Crippen LogP contribution in [0.5, 0.6) is 0 Å². The molecule has 0 radical (unpaired) electrons. The van der Waals surface area contributed by atoms with E-state index in [9.17, 15) is 0 Å². The Balaban J connectivity index is 2.84. The molecule has 0 aliphatic heterocycles. The van der Waals surface area contributed by atoms with Gasteiger partial charge in [0, 0.05) is 7.11 Å². The van der Waals surface area contributed by atoms with Crippen molar-refractivity contribution in [1.29, 1.82) is 0 Å². The van der Waals surface area contributed by atoms with Crippen LogP contribution in [0.3, 0.4) is 0 Å². The van der Waals surface area contributed by atoms with E-state index < -0.39 is 0 Å². The average Bonchev–Trinajstić information content (AvgIpc) is 2.44. The van der Waals surface area contributed by atoms with Crippen LogP contribution in [0.15, 0.2) is 0 Å². The second-order valence-electron chi connectivity index (χ2n) is 7.27. The van der Waals surface area contributed by atoms with Crippen molar-refractivity contribution in [2.24, 2.45) is 22.7 Å². The number of rotatable bonds is 1. The fourth-order valence-electron chi connectivity index (χ4n) is 3.10. The summed E-state index contributed by atoms with van der Waals surface area (Å²) in [6.45, 7) is 14.2. The SMILES string of the molecule is COC1CC(C(C)(C)C)C(C(C)(C)C)C1. The van der Waals surface area contributed by atoms with Crippen LogP contribution in [0.1, 0.15) is 54.4 Å². The van der Waals surface area contributed by atoms with Crippen LogP contribution in [-0.2, 0) is 4.74 Å². The Morgan fingerprint density at radius 3 is 1.33 bits per heavy atom. The van der Waals surface area contributed by atoms with Crippen molar-refractivity contribution >= 4 is 0 Å². The molecule has 1 aliphatic carbocycles.